The predicted molar refractivity (Wildman–Crippen MR) is 116 cm³/mol. The summed E-state index contributed by atoms with van der Waals surface area (Å²) in [6.45, 7) is 3.90. The van der Waals surface area contributed by atoms with E-state index in [-0.39, 0.29) is 11.1 Å². The molecule has 1 aromatic rings. The van der Waals surface area contributed by atoms with E-state index in [1.54, 1.807) is 12.1 Å². The van der Waals surface area contributed by atoms with Gasteiger partial charge in [0, 0.05) is 44.9 Å². The van der Waals surface area contributed by atoms with Crippen LogP contribution >= 0.6 is 0 Å². The summed E-state index contributed by atoms with van der Waals surface area (Å²) in [5, 5.41) is 0. The highest BCUT2D eigenvalue weighted by Gasteiger charge is 2.54. The second kappa shape index (κ2) is 11.1. The predicted octanol–water partition coefficient (Wildman–Crippen LogP) is 1.05. The fourth-order valence-electron chi connectivity index (χ4n) is 3.79. The quantitative estimate of drug-likeness (QED) is 0.384. The Bertz CT molecular complexity index is 1120. The number of esters is 4. The summed E-state index contributed by atoms with van der Waals surface area (Å²) in [7, 11) is 0. The van der Waals surface area contributed by atoms with Crippen molar-refractivity contribution in [2.75, 3.05) is 6.61 Å². The van der Waals surface area contributed by atoms with Crippen LogP contribution in [0.15, 0.2) is 36.1 Å². The highest BCUT2D eigenvalue weighted by molar-refractivity contribution is 6.23. The van der Waals surface area contributed by atoms with Crippen molar-refractivity contribution in [3.8, 4) is 0 Å². The Kier molecular flexibility index (Phi) is 8.20. The third-order valence-electron chi connectivity index (χ3n) is 5.11. The lowest BCUT2D eigenvalue weighted by Crippen LogP contribution is -2.63. The maximum Gasteiger partial charge on any atom is 0.303 e. The summed E-state index contributed by atoms with van der Waals surface area (Å²) in [6.07, 6.45) is -6.32. The SMILES string of the molecule is CC(=O)OC[C@@H]1O[C@H](OC2=CC(=O)c3ccccc3C2=O)[C@H](OC(C)=O)[C@@H](OC(C)=O)[C@H]1OC(C)=O. The van der Waals surface area contributed by atoms with E-state index in [0.717, 1.165) is 33.8 Å². The molecule has 1 fully saturated rings. The first-order valence-corrected chi connectivity index (χ1v) is 10.8. The molecule has 1 aliphatic carbocycles. The van der Waals surface area contributed by atoms with Crippen LogP contribution in [0.3, 0.4) is 0 Å². The molecule has 12 nitrogen and oxygen atoms in total. The lowest BCUT2D eigenvalue weighted by molar-refractivity contribution is -0.298. The number of hydrogen-bond donors (Lipinski definition) is 0. The van der Waals surface area contributed by atoms with Gasteiger partial charge in [-0.1, -0.05) is 24.3 Å². The molecule has 0 radical (unpaired) electrons. The fraction of sp³-hybridized carbons (Fsp3) is 0.417. The minimum atomic E-state index is -1.63. The van der Waals surface area contributed by atoms with Gasteiger partial charge < -0.3 is 28.4 Å². The Hall–Kier alpha value is -4.06. The van der Waals surface area contributed by atoms with Gasteiger partial charge >= 0.3 is 23.9 Å². The van der Waals surface area contributed by atoms with Crippen molar-refractivity contribution in [1.82, 2.24) is 0 Å². The number of Topliss-reactive ketones (excluding diaryl/α,β-unsaturated/α-hetero) is 1. The lowest BCUT2D eigenvalue weighted by Gasteiger charge is -2.44. The van der Waals surface area contributed by atoms with Crippen LogP contribution in [0, 0.1) is 0 Å². The summed E-state index contributed by atoms with van der Waals surface area (Å²) in [5.41, 5.74) is 0.266. The zero-order valence-corrected chi connectivity index (χ0v) is 19.9. The van der Waals surface area contributed by atoms with Crippen LogP contribution in [0.25, 0.3) is 0 Å². The minimum Gasteiger partial charge on any atom is -0.463 e. The Balaban J connectivity index is 2.01. The van der Waals surface area contributed by atoms with Crippen LogP contribution in [0.5, 0.6) is 0 Å². The molecular formula is C24H24O12. The molecule has 0 saturated carbocycles. The number of hydrogen-bond acceptors (Lipinski definition) is 12. The number of ketones is 2. The Morgan fingerprint density at radius 2 is 1.33 bits per heavy atom. The number of allylic oxidation sites excluding steroid dienone is 2. The van der Waals surface area contributed by atoms with Crippen LogP contribution in [0.2, 0.25) is 0 Å². The van der Waals surface area contributed by atoms with E-state index in [9.17, 15) is 28.8 Å². The first kappa shape index (κ1) is 26.5. The average molecular weight is 504 g/mol. The highest BCUT2D eigenvalue weighted by Crippen LogP contribution is 2.32. The molecule has 0 unspecified atom stereocenters. The number of carbonyl (C=O) groups excluding carboxylic acids is 6. The highest BCUT2D eigenvalue weighted by atomic mass is 16.7. The van der Waals surface area contributed by atoms with Crippen LogP contribution in [-0.2, 0) is 47.6 Å². The molecule has 2 aliphatic rings. The summed E-state index contributed by atoms with van der Waals surface area (Å²) < 4.78 is 32.4. The first-order valence-electron chi connectivity index (χ1n) is 10.8. The molecule has 0 aromatic heterocycles. The van der Waals surface area contributed by atoms with Gasteiger partial charge in [-0.05, 0) is 0 Å². The van der Waals surface area contributed by atoms with Crippen molar-refractivity contribution in [2.24, 2.45) is 0 Å². The molecule has 5 atom stereocenters. The molecule has 12 heteroatoms. The molecule has 0 bridgehead atoms. The largest absolute Gasteiger partial charge is 0.463 e. The molecule has 1 aliphatic heterocycles. The van der Waals surface area contributed by atoms with Gasteiger partial charge in [-0.2, -0.15) is 0 Å². The molecular weight excluding hydrogens is 480 g/mol. The van der Waals surface area contributed by atoms with Gasteiger partial charge in [0.05, 0.1) is 0 Å². The van der Waals surface area contributed by atoms with Gasteiger partial charge in [-0.25, -0.2) is 0 Å². The van der Waals surface area contributed by atoms with Gasteiger partial charge in [0.1, 0.15) is 12.7 Å². The number of fused-ring (bicyclic) bond motifs is 1. The number of rotatable bonds is 7. The summed E-state index contributed by atoms with van der Waals surface area (Å²) >= 11 is 0. The topological polar surface area (TPSA) is 158 Å². The Labute approximate surface area is 205 Å². The monoisotopic (exact) mass is 504 g/mol. The van der Waals surface area contributed by atoms with Crippen molar-refractivity contribution in [1.29, 1.82) is 0 Å². The van der Waals surface area contributed by atoms with Crippen LogP contribution in [-0.4, -0.2) is 72.8 Å². The molecule has 1 saturated heterocycles. The molecule has 3 rings (SSSR count). The lowest BCUT2D eigenvalue weighted by atomic mass is 9.93. The molecule has 0 spiro atoms. The van der Waals surface area contributed by atoms with Crippen molar-refractivity contribution >= 4 is 35.4 Å². The van der Waals surface area contributed by atoms with Crippen LogP contribution in [0.4, 0.5) is 0 Å². The van der Waals surface area contributed by atoms with Gasteiger partial charge in [-0.15, -0.1) is 0 Å². The molecule has 0 N–H and O–H groups in total. The van der Waals surface area contributed by atoms with E-state index >= 15 is 0 Å². The van der Waals surface area contributed by atoms with Gasteiger partial charge in [0.25, 0.3) is 0 Å². The van der Waals surface area contributed by atoms with Crippen molar-refractivity contribution < 1.29 is 57.2 Å². The number of carbonyl (C=O) groups is 6. The van der Waals surface area contributed by atoms with Crippen molar-refractivity contribution in [2.45, 2.75) is 58.4 Å². The third kappa shape index (κ3) is 6.13. The van der Waals surface area contributed by atoms with Gasteiger partial charge in [-0.3, -0.25) is 28.8 Å². The second-order valence-electron chi connectivity index (χ2n) is 7.93. The fourth-order valence-corrected chi connectivity index (χ4v) is 3.79. The Morgan fingerprint density at radius 1 is 0.778 bits per heavy atom. The van der Waals surface area contributed by atoms with Gasteiger partial charge in [0.15, 0.2) is 23.8 Å². The molecule has 1 heterocycles. The molecule has 36 heavy (non-hydrogen) atoms. The van der Waals surface area contributed by atoms with Crippen LogP contribution < -0.4 is 0 Å². The summed E-state index contributed by atoms with van der Waals surface area (Å²) in [6, 6.07) is 6.10. The molecule has 192 valence electrons. The second-order valence-corrected chi connectivity index (χ2v) is 7.93. The van der Waals surface area contributed by atoms with E-state index in [1.807, 2.05) is 0 Å². The number of benzene rings is 1. The van der Waals surface area contributed by atoms with Crippen molar-refractivity contribution in [3.63, 3.8) is 0 Å². The maximum absolute atomic E-state index is 13.0. The minimum absolute atomic E-state index is 0.0886. The zero-order valence-electron chi connectivity index (χ0n) is 19.9. The maximum atomic E-state index is 13.0. The third-order valence-corrected chi connectivity index (χ3v) is 5.11. The van der Waals surface area contributed by atoms with Crippen molar-refractivity contribution in [3.05, 3.63) is 47.2 Å². The first-order chi connectivity index (χ1) is 17.0. The molecule has 1 aromatic carbocycles. The molecule has 0 amide bonds. The van der Waals surface area contributed by atoms with E-state index in [2.05, 4.69) is 0 Å². The number of ether oxygens (including phenoxy) is 6. The smallest absolute Gasteiger partial charge is 0.303 e. The average Bonchev–Trinajstić information content (AvgIpc) is 2.79. The van der Waals surface area contributed by atoms with E-state index in [1.165, 1.54) is 12.1 Å². The standard InChI is InChI=1S/C24H24O12/c1-11(25)31-10-19-21(32-12(2)26)22(33-13(3)27)23(34-14(4)28)24(36-19)35-18-9-17(29)15-7-5-6-8-16(15)20(18)30/h5-9,19,21-24H,10H2,1-4H3/t19-,21-,22-,23+,24-/m0/s1. The van der Waals surface area contributed by atoms with E-state index in [4.69, 9.17) is 28.4 Å². The van der Waals surface area contributed by atoms with Crippen LogP contribution in [0.1, 0.15) is 48.4 Å². The Morgan fingerprint density at radius 3 is 1.92 bits per heavy atom. The van der Waals surface area contributed by atoms with E-state index in [0.29, 0.717) is 0 Å². The zero-order chi connectivity index (χ0) is 26.6. The normalized spacial score (nSPS) is 25.1. The summed E-state index contributed by atoms with van der Waals surface area (Å²) in [5.74, 6) is -4.69. The van der Waals surface area contributed by atoms with E-state index < -0.39 is 78.5 Å². The summed E-state index contributed by atoms with van der Waals surface area (Å²) in [4.78, 5) is 72.6. The van der Waals surface area contributed by atoms with Gasteiger partial charge in [0.2, 0.25) is 18.2 Å².